The van der Waals surface area contributed by atoms with Crippen LogP contribution >= 0.6 is 0 Å². The molecule has 3 aromatic rings. The van der Waals surface area contributed by atoms with Crippen molar-refractivity contribution in [2.24, 2.45) is 0 Å². The zero-order chi connectivity index (χ0) is 24.0. The van der Waals surface area contributed by atoms with Gasteiger partial charge in [0.05, 0.1) is 26.2 Å². The summed E-state index contributed by atoms with van der Waals surface area (Å²) in [6.45, 7) is 2.16. The lowest BCUT2D eigenvalue weighted by Crippen LogP contribution is -2.49. The molecule has 2 heterocycles. The fraction of sp³-hybridized carbons (Fsp3) is 0.259. The largest absolute Gasteiger partial charge is 0.493 e. The van der Waals surface area contributed by atoms with Crippen LogP contribution in [0.1, 0.15) is 44.6 Å². The van der Waals surface area contributed by atoms with Gasteiger partial charge in [0.25, 0.3) is 5.91 Å². The number of anilines is 1. The van der Waals surface area contributed by atoms with E-state index in [-0.39, 0.29) is 11.8 Å². The summed E-state index contributed by atoms with van der Waals surface area (Å²) in [7, 11) is 3.02. The number of halogens is 1. The lowest BCUT2D eigenvalue weighted by molar-refractivity contribution is -0.119. The third kappa shape index (κ3) is 3.48. The summed E-state index contributed by atoms with van der Waals surface area (Å²) in [5, 5.41) is 2.88. The van der Waals surface area contributed by atoms with Crippen molar-refractivity contribution >= 4 is 17.5 Å². The number of hydrogen-bond acceptors (Lipinski definition) is 4. The number of fused-ring (bicyclic) bond motifs is 4. The molecule has 0 fully saturated rings. The first-order chi connectivity index (χ1) is 16.4. The highest BCUT2D eigenvalue weighted by Crippen LogP contribution is 2.48. The Morgan fingerprint density at radius 2 is 1.76 bits per heavy atom. The lowest BCUT2D eigenvalue weighted by Gasteiger charge is -2.45. The Morgan fingerprint density at radius 1 is 1.03 bits per heavy atom. The van der Waals surface area contributed by atoms with Gasteiger partial charge in [-0.25, -0.2) is 4.39 Å². The summed E-state index contributed by atoms with van der Waals surface area (Å²) < 4.78 is 25.1. The molecule has 7 heteroatoms. The maximum absolute atomic E-state index is 14.2. The zero-order valence-electron chi connectivity index (χ0n) is 19.2. The fourth-order valence-electron chi connectivity index (χ4n) is 5.02. The molecule has 5 rings (SSSR count). The van der Waals surface area contributed by atoms with Gasteiger partial charge in [-0.15, -0.1) is 0 Å². The van der Waals surface area contributed by atoms with Crippen molar-refractivity contribution < 1.29 is 23.5 Å². The molecule has 0 spiro atoms. The predicted octanol–water partition coefficient (Wildman–Crippen LogP) is 4.63. The molecular formula is C27H25FN2O4. The van der Waals surface area contributed by atoms with Gasteiger partial charge in [-0.3, -0.25) is 9.59 Å². The second-order valence-corrected chi connectivity index (χ2v) is 8.62. The van der Waals surface area contributed by atoms with Crippen LogP contribution in [0.15, 0.2) is 54.6 Å². The molecule has 2 amide bonds. The molecule has 0 saturated carbocycles. The van der Waals surface area contributed by atoms with Gasteiger partial charge < -0.3 is 19.7 Å². The standard InChI is InChI=1S/C27H25FN2O4/c1-15-8-9-17(12-21(15)28)29-26(31)24-19-13-22(33-2)23(34-3)14-20(19)27(32)30-11-10-16-6-4-5-7-18(16)25(24)30/h4-9,12-14,24-25H,10-11H2,1-3H3,(H,29,31)/t24-,25-/m1/s1. The highest BCUT2D eigenvalue weighted by Gasteiger charge is 2.47. The van der Waals surface area contributed by atoms with Gasteiger partial charge >= 0.3 is 0 Å². The van der Waals surface area contributed by atoms with Crippen LogP contribution < -0.4 is 14.8 Å². The van der Waals surface area contributed by atoms with Gasteiger partial charge in [-0.2, -0.15) is 0 Å². The molecule has 0 unspecified atom stereocenters. The van der Waals surface area contributed by atoms with E-state index in [1.807, 2.05) is 24.3 Å². The molecule has 0 saturated heterocycles. The quantitative estimate of drug-likeness (QED) is 0.617. The van der Waals surface area contributed by atoms with E-state index in [9.17, 15) is 14.0 Å². The van der Waals surface area contributed by atoms with Gasteiger partial charge in [-0.05, 0) is 59.9 Å². The number of benzene rings is 3. The van der Waals surface area contributed by atoms with Crippen LogP contribution in [0.3, 0.4) is 0 Å². The van der Waals surface area contributed by atoms with E-state index in [0.29, 0.717) is 46.8 Å². The summed E-state index contributed by atoms with van der Waals surface area (Å²) in [4.78, 5) is 29.2. The molecule has 1 N–H and O–H groups in total. The van der Waals surface area contributed by atoms with E-state index in [1.165, 1.54) is 20.3 Å². The van der Waals surface area contributed by atoms with Crippen LogP contribution in [0.25, 0.3) is 0 Å². The first kappa shape index (κ1) is 21.9. The van der Waals surface area contributed by atoms with Crippen molar-refractivity contribution in [3.8, 4) is 11.5 Å². The summed E-state index contributed by atoms with van der Waals surface area (Å²) in [6.07, 6.45) is 0.707. The number of methoxy groups -OCH3 is 2. The van der Waals surface area contributed by atoms with Crippen LogP contribution in [0.5, 0.6) is 11.5 Å². The van der Waals surface area contributed by atoms with Gasteiger partial charge in [0.15, 0.2) is 11.5 Å². The Balaban J connectivity index is 1.67. The smallest absolute Gasteiger partial charge is 0.254 e. The van der Waals surface area contributed by atoms with Gasteiger partial charge in [0.2, 0.25) is 5.91 Å². The monoisotopic (exact) mass is 460 g/mol. The van der Waals surface area contributed by atoms with Crippen molar-refractivity contribution in [1.29, 1.82) is 0 Å². The molecule has 2 atom stereocenters. The van der Waals surface area contributed by atoms with Crippen LogP contribution in [0, 0.1) is 12.7 Å². The highest BCUT2D eigenvalue weighted by atomic mass is 19.1. The number of nitrogens with one attached hydrogen (secondary N) is 1. The van der Waals surface area contributed by atoms with E-state index in [0.717, 1.165) is 11.1 Å². The van der Waals surface area contributed by atoms with Crippen molar-refractivity contribution in [1.82, 2.24) is 4.90 Å². The van der Waals surface area contributed by atoms with Crippen LogP contribution in [0.2, 0.25) is 0 Å². The molecule has 0 bridgehead atoms. The average molecular weight is 461 g/mol. The molecule has 2 aliphatic heterocycles. The minimum Gasteiger partial charge on any atom is -0.493 e. The topological polar surface area (TPSA) is 67.9 Å². The summed E-state index contributed by atoms with van der Waals surface area (Å²) in [6, 6.07) is 15.3. The number of carbonyl (C=O) groups excluding carboxylic acids is 2. The third-order valence-corrected chi connectivity index (χ3v) is 6.75. The van der Waals surface area contributed by atoms with Crippen LogP contribution in [-0.2, 0) is 11.2 Å². The summed E-state index contributed by atoms with van der Waals surface area (Å²) in [5.41, 5.74) is 3.88. The number of ether oxygens (including phenoxy) is 2. The number of aryl methyl sites for hydroxylation is 1. The Labute approximate surface area is 197 Å². The molecule has 0 aromatic heterocycles. The van der Waals surface area contributed by atoms with E-state index < -0.39 is 17.8 Å². The first-order valence-corrected chi connectivity index (χ1v) is 11.1. The Morgan fingerprint density at radius 3 is 2.50 bits per heavy atom. The number of amides is 2. The van der Waals surface area contributed by atoms with Gasteiger partial charge in [0, 0.05) is 17.8 Å². The number of nitrogens with zero attached hydrogens (tertiary/aromatic N) is 1. The van der Waals surface area contributed by atoms with E-state index in [1.54, 1.807) is 36.1 Å². The van der Waals surface area contributed by atoms with Crippen molar-refractivity contribution in [2.45, 2.75) is 25.3 Å². The van der Waals surface area contributed by atoms with E-state index >= 15 is 0 Å². The fourth-order valence-corrected chi connectivity index (χ4v) is 5.02. The Hall–Kier alpha value is -3.87. The van der Waals surface area contributed by atoms with Gasteiger partial charge in [0.1, 0.15) is 5.82 Å². The van der Waals surface area contributed by atoms with E-state index in [2.05, 4.69) is 5.32 Å². The summed E-state index contributed by atoms with van der Waals surface area (Å²) in [5.74, 6) is -0.737. The SMILES string of the molecule is COc1cc2c(cc1OC)[C@@H](C(=O)Nc1ccc(C)c(F)c1)[C@H]1c3ccccc3CCN1C2=O. The van der Waals surface area contributed by atoms with Crippen molar-refractivity contribution in [2.75, 3.05) is 26.1 Å². The molecule has 174 valence electrons. The predicted molar refractivity (Wildman–Crippen MR) is 126 cm³/mol. The van der Waals surface area contributed by atoms with Crippen molar-refractivity contribution in [3.63, 3.8) is 0 Å². The van der Waals surface area contributed by atoms with Crippen molar-refractivity contribution in [3.05, 3.63) is 88.2 Å². The normalized spacial score (nSPS) is 18.5. The maximum Gasteiger partial charge on any atom is 0.254 e. The third-order valence-electron chi connectivity index (χ3n) is 6.75. The molecule has 34 heavy (non-hydrogen) atoms. The van der Waals surface area contributed by atoms with Crippen LogP contribution in [-0.4, -0.2) is 37.5 Å². The number of carbonyl (C=O) groups is 2. The van der Waals surface area contributed by atoms with Gasteiger partial charge in [-0.1, -0.05) is 30.3 Å². The molecule has 0 aliphatic carbocycles. The molecule has 0 radical (unpaired) electrons. The maximum atomic E-state index is 14.2. The Kier molecular flexibility index (Phi) is 5.48. The zero-order valence-corrected chi connectivity index (χ0v) is 19.2. The van der Waals surface area contributed by atoms with E-state index in [4.69, 9.17) is 9.47 Å². The number of hydrogen-bond donors (Lipinski definition) is 1. The van der Waals surface area contributed by atoms with Crippen LogP contribution in [0.4, 0.5) is 10.1 Å². The average Bonchev–Trinajstić information content (AvgIpc) is 2.85. The molecular weight excluding hydrogens is 435 g/mol. The second-order valence-electron chi connectivity index (χ2n) is 8.62. The molecule has 6 nitrogen and oxygen atoms in total. The lowest BCUT2D eigenvalue weighted by atomic mass is 9.75. The number of rotatable bonds is 4. The first-order valence-electron chi connectivity index (χ1n) is 11.1. The highest BCUT2D eigenvalue weighted by molar-refractivity contribution is 6.05. The minimum atomic E-state index is -0.724. The molecule has 3 aromatic carbocycles. The summed E-state index contributed by atoms with van der Waals surface area (Å²) >= 11 is 0. The minimum absolute atomic E-state index is 0.152. The Bertz CT molecular complexity index is 1310. The second kappa shape index (κ2) is 8.48. The molecule has 2 aliphatic rings.